The second kappa shape index (κ2) is 3.09. The van der Waals surface area contributed by atoms with E-state index in [2.05, 4.69) is 14.5 Å². The van der Waals surface area contributed by atoms with E-state index >= 15 is 0 Å². The molecular weight excluding hydrogens is 167 g/mol. The van der Waals surface area contributed by atoms with E-state index in [1.807, 2.05) is 0 Å². The molecule has 1 unspecified atom stereocenters. The Balaban J connectivity index is 3.03. The topological polar surface area (TPSA) is 72.3 Å². The van der Waals surface area contributed by atoms with Gasteiger partial charge in [0.1, 0.15) is 6.33 Å². The van der Waals surface area contributed by atoms with Crippen molar-refractivity contribution in [2.24, 2.45) is 0 Å². The molecule has 0 spiro atoms. The molecule has 11 heavy (non-hydrogen) atoms. The number of hydrogen-bond acceptors (Lipinski definition) is 4. The fraction of sp³-hybridized carbons (Fsp3) is 0.200. The molecule has 5 nitrogen and oxygen atoms in total. The molecule has 0 aromatic carbocycles. The second-order valence-electron chi connectivity index (χ2n) is 1.77. The SMILES string of the molecule is COP(=O)(O)c1ccncn1. The molecule has 60 valence electrons. The largest absolute Gasteiger partial charge is 0.376 e. The first kappa shape index (κ1) is 8.33. The van der Waals surface area contributed by atoms with Crippen LogP contribution in [0.25, 0.3) is 0 Å². The van der Waals surface area contributed by atoms with E-state index in [1.54, 1.807) is 0 Å². The molecule has 1 atom stereocenters. The smallest absolute Gasteiger partial charge is 0.320 e. The summed E-state index contributed by atoms with van der Waals surface area (Å²) in [6.07, 6.45) is 2.57. The van der Waals surface area contributed by atoms with Crippen LogP contribution in [-0.4, -0.2) is 22.0 Å². The Hall–Kier alpha value is -0.770. The molecule has 0 amide bonds. The van der Waals surface area contributed by atoms with Crippen LogP contribution < -0.4 is 5.44 Å². The minimum Gasteiger partial charge on any atom is -0.320 e. The molecule has 1 rings (SSSR count). The monoisotopic (exact) mass is 174 g/mol. The molecule has 1 N–H and O–H groups in total. The van der Waals surface area contributed by atoms with Gasteiger partial charge in [-0.05, 0) is 6.07 Å². The highest BCUT2D eigenvalue weighted by molar-refractivity contribution is 7.60. The van der Waals surface area contributed by atoms with Crippen LogP contribution in [0.4, 0.5) is 0 Å². The third-order valence-electron chi connectivity index (χ3n) is 1.10. The maximum Gasteiger partial charge on any atom is 0.376 e. The summed E-state index contributed by atoms with van der Waals surface area (Å²) in [6, 6.07) is 1.34. The summed E-state index contributed by atoms with van der Waals surface area (Å²) in [7, 11) is -2.52. The number of rotatable bonds is 2. The van der Waals surface area contributed by atoms with Crippen LogP contribution in [0.5, 0.6) is 0 Å². The first-order valence-corrected chi connectivity index (χ1v) is 4.39. The maximum absolute atomic E-state index is 11.0. The van der Waals surface area contributed by atoms with Gasteiger partial charge in [0.15, 0.2) is 5.44 Å². The third kappa shape index (κ3) is 1.83. The summed E-state index contributed by atoms with van der Waals surface area (Å²) >= 11 is 0. The number of hydrogen-bond donors (Lipinski definition) is 1. The Kier molecular flexibility index (Phi) is 2.34. The zero-order chi connectivity index (χ0) is 8.32. The van der Waals surface area contributed by atoms with Crippen LogP contribution in [0.3, 0.4) is 0 Å². The van der Waals surface area contributed by atoms with Gasteiger partial charge in [-0.3, -0.25) is 4.57 Å². The van der Waals surface area contributed by atoms with Crippen LogP contribution in [-0.2, 0) is 9.09 Å². The lowest BCUT2D eigenvalue weighted by atomic mass is 10.7. The van der Waals surface area contributed by atoms with Gasteiger partial charge in [-0.15, -0.1) is 0 Å². The van der Waals surface area contributed by atoms with Crippen LogP contribution in [0.15, 0.2) is 18.6 Å². The predicted molar refractivity (Wildman–Crippen MR) is 38.5 cm³/mol. The molecule has 0 saturated heterocycles. The number of aromatic nitrogens is 2. The van der Waals surface area contributed by atoms with Crippen molar-refractivity contribution in [1.82, 2.24) is 9.97 Å². The molecule has 0 aliphatic heterocycles. The molecule has 0 bridgehead atoms. The fourth-order valence-corrected chi connectivity index (χ4v) is 1.18. The van der Waals surface area contributed by atoms with Crippen LogP contribution in [0, 0.1) is 0 Å². The average molecular weight is 174 g/mol. The van der Waals surface area contributed by atoms with Gasteiger partial charge in [0.25, 0.3) is 0 Å². The Morgan fingerprint density at radius 1 is 1.73 bits per heavy atom. The third-order valence-corrected chi connectivity index (χ3v) is 2.44. The van der Waals surface area contributed by atoms with Crippen LogP contribution in [0.1, 0.15) is 0 Å². The highest BCUT2D eigenvalue weighted by Gasteiger charge is 2.21. The molecule has 1 aromatic rings. The van der Waals surface area contributed by atoms with E-state index in [-0.39, 0.29) is 5.44 Å². The summed E-state index contributed by atoms with van der Waals surface area (Å²) in [4.78, 5) is 16.2. The summed E-state index contributed by atoms with van der Waals surface area (Å²) in [5.41, 5.74) is 0.00926. The summed E-state index contributed by atoms with van der Waals surface area (Å²) in [6.45, 7) is 0. The lowest BCUT2D eigenvalue weighted by molar-refractivity contribution is 0.327. The molecule has 1 aromatic heterocycles. The van der Waals surface area contributed by atoms with Crippen molar-refractivity contribution in [2.75, 3.05) is 7.11 Å². The van der Waals surface area contributed by atoms with Gasteiger partial charge in [0.2, 0.25) is 0 Å². The zero-order valence-corrected chi connectivity index (χ0v) is 6.73. The molecule has 0 saturated carbocycles. The van der Waals surface area contributed by atoms with Crippen molar-refractivity contribution in [2.45, 2.75) is 0 Å². The molecule has 0 aliphatic carbocycles. The van der Waals surface area contributed by atoms with E-state index < -0.39 is 7.60 Å². The van der Waals surface area contributed by atoms with Gasteiger partial charge >= 0.3 is 7.60 Å². The Bertz CT molecular complexity index is 276. The molecule has 0 radical (unpaired) electrons. The van der Waals surface area contributed by atoms with E-state index in [0.29, 0.717) is 0 Å². The molecule has 6 heteroatoms. The van der Waals surface area contributed by atoms with Gasteiger partial charge in [0.05, 0.1) is 0 Å². The minimum atomic E-state index is -3.68. The van der Waals surface area contributed by atoms with Crippen LogP contribution >= 0.6 is 7.60 Å². The Morgan fingerprint density at radius 3 is 2.91 bits per heavy atom. The molecular formula is C5H7N2O3P. The quantitative estimate of drug-likeness (QED) is 0.635. The zero-order valence-electron chi connectivity index (χ0n) is 5.84. The van der Waals surface area contributed by atoms with E-state index in [4.69, 9.17) is 4.89 Å². The normalized spacial score (nSPS) is 15.8. The van der Waals surface area contributed by atoms with Crippen molar-refractivity contribution < 1.29 is 14.0 Å². The van der Waals surface area contributed by atoms with Crippen molar-refractivity contribution >= 4 is 13.0 Å². The summed E-state index contributed by atoms with van der Waals surface area (Å²) < 4.78 is 15.4. The summed E-state index contributed by atoms with van der Waals surface area (Å²) in [5.74, 6) is 0. The standard InChI is InChI=1S/C5H7N2O3P/c1-10-11(8,9)5-2-3-6-4-7-5/h2-4H,1H3,(H,8,9). The number of nitrogens with zero attached hydrogens (tertiary/aromatic N) is 2. The van der Waals surface area contributed by atoms with Gasteiger partial charge < -0.3 is 9.42 Å². The van der Waals surface area contributed by atoms with E-state index in [9.17, 15) is 4.57 Å². The van der Waals surface area contributed by atoms with Crippen molar-refractivity contribution in [3.05, 3.63) is 18.6 Å². The van der Waals surface area contributed by atoms with Gasteiger partial charge in [0, 0.05) is 13.3 Å². The molecule has 0 fully saturated rings. The maximum atomic E-state index is 11.0. The second-order valence-corrected chi connectivity index (χ2v) is 3.63. The molecule has 0 aliphatic rings. The van der Waals surface area contributed by atoms with Crippen molar-refractivity contribution in [3.63, 3.8) is 0 Å². The Labute approximate surface area is 63.6 Å². The highest BCUT2D eigenvalue weighted by Crippen LogP contribution is 2.37. The average Bonchev–Trinajstić information content (AvgIpc) is 2.06. The Morgan fingerprint density at radius 2 is 2.45 bits per heavy atom. The van der Waals surface area contributed by atoms with Gasteiger partial charge in [-0.2, -0.15) is 0 Å². The van der Waals surface area contributed by atoms with Crippen LogP contribution in [0.2, 0.25) is 0 Å². The molecule has 1 heterocycles. The first-order valence-electron chi connectivity index (χ1n) is 2.82. The van der Waals surface area contributed by atoms with Crippen molar-refractivity contribution in [3.8, 4) is 0 Å². The predicted octanol–water partition coefficient (Wildman–Crippen LogP) is -0.0663. The minimum absolute atomic E-state index is 0.00926. The van der Waals surface area contributed by atoms with Crippen molar-refractivity contribution in [1.29, 1.82) is 0 Å². The lowest BCUT2D eigenvalue weighted by Crippen LogP contribution is -2.09. The van der Waals surface area contributed by atoms with Gasteiger partial charge in [-0.25, -0.2) is 9.97 Å². The highest BCUT2D eigenvalue weighted by atomic mass is 31.2. The van der Waals surface area contributed by atoms with E-state index in [1.165, 1.54) is 18.6 Å². The fourth-order valence-electron chi connectivity index (χ4n) is 0.544. The first-order chi connectivity index (χ1) is 5.17. The van der Waals surface area contributed by atoms with E-state index in [0.717, 1.165) is 7.11 Å². The summed E-state index contributed by atoms with van der Waals surface area (Å²) in [5, 5.41) is 0. The van der Waals surface area contributed by atoms with Gasteiger partial charge in [-0.1, -0.05) is 0 Å². The lowest BCUT2D eigenvalue weighted by Gasteiger charge is -2.05.